The smallest absolute Gasteiger partial charge is 0.217 e. The average Bonchev–Trinajstić information content (AvgIpc) is 3.65. The molecule has 12 heteroatoms. The van der Waals surface area contributed by atoms with Crippen LogP contribution in [-0.4, -0.2) is 65.2 Å². The molecule has 2 aliphatic rings. The van der Waals surface area contributed by atoms with Crippen LogP contribution < -0.4 is 9.64 Å². The maximum Gasteiger partial charge on any atom is 0.217 e. The molecule has 2 saturated heterocycles. The molecule has 2 atom stereocenters. The van der Waals surface area contributed by atoms with Gasteiger partial charge in [-0.25, -0.2) is 9.67 Å². The summed E-state index contributed by atoms with van der Waals surface area (Å²) in [7, 11) is 0. The third kappa shape index (κ3) is 6.81. The second-order valence-electron chi connectivity index (χ2n) is 10.3. The highest BCUT2D eigenvalue weighted by Gasteiger charge is 2.45. The van der Waals surface area contributed by atoms with Gasteiger partial charge in [0.15, 0.2) is 0 Å². The molecule has 0 spiro atoms. The molecule has 8 nitrogen and oxygen atoms in total. The van der Waals surface area contributed by atoms with Crippen LogP contribution in [0.5, 0.6) is 5.75 Å². The standard InChI is InChI=1S/C30H29Cl4N5O3/c31-22-2-1-21(28(33)13-22)15-37-9-11-38(12-10-37)24-4-6-25(7-5-24)40-16-26-17-41-30(42-26,18-39-20-35-19-36-39)27-8-3-23(32)14-29(27)34/h1-8,13-14,19-20,26H,9-12,15-18H2/t26-,30-/m1/s1. The number of aromatic nitrogens is 3. The van der Waals surface area contributed by atoms with Crippen molar-refractivity contribution >= 4 is 52.1 Å². The molecule has 4 aromatic rings. The lowest BCUT2D eigenvalue weighted by atomic mass is 10.1. The van der Waals surface area contributed by atoms with Gasteiger partial charge in [-0.2, -0.15) is 5.10 Å². The van der Waals surface area contributed by atoms with Gasteiger partial charge in [-0.15, -0.1) is 0 Å². The van der Waals surface area contributed by atoms with E-state index in [-0.39, 0.29) is 12.6 Å². The summed E-state index contributed by atoms with van der Waals surface area (Å²) in [5, 5.41) is 6.58. The summed E-state index contributed by atoms with van der Waals surface area (Å²) in [6.07, 6.45) is 2.76. The van der Waals surface area contributed by atoms with Crippen LogP contribution in [-0.2, 0) is 28.4 Å². The number of rotatable bonds is 9. The number of halogens is 4. The van der Waals surface area contributed by atoms with Crippen LogP contribution in [0.15, 0.2) is 73.3 Å². The second-order valence-corrected chi connectivity index (χ2v) is 12.0. The fourth-order valence-corrected chi connectivity index (χ4v) is 6.30. The van der Waals surface area contributed by atoms with E-state index in [2.05, 4.69) is 32.0 Å². The number of piperazine rings is 1. The highest BCUT2D eigenvalue weighted by molar-refractivity contribution is 6.35. The molecule has 3 heterocycles. The molecule has 0 aliphatic carbocycles. The van der Waals surface area contributed by atoms with Gasteiger partial charge in [0.25, 0.3) is 0 Å². The summed E-state index contributed by atoms with van der Waals surface area (Å²) in [5.41, 5.74) is 2.93. The molecule has 0 N–H and O–H groups in total. The van der Waals surface area contributed by atoms with Crippen molar-refractivity contribution in [1.29, 1.82) is 0 Å². The van der Waals surface area contributed by atoms with Gasteiger partial charge in [-0.3, -0.25) is 4.90 Å². The van der Waals surface area contributed by atoms with Crippen LogP contribution in [0.3, 0.4) is 0 Å². The number of ether oxygens (including phenoxy) is 3. The van der Waals surface area contributed by atoms with Crippen molar-refractivity contribution in [2.24, 2.45) is 0 Å². The van der Waals surface area contributed by atoms with Crippen LogP contribution in [0.1, 0.15) is 11.1 Å². The maximum absolute atomic E-state index is 6.56. The Bertz CT molecular complexity index is 1500. The maximum atomic E-state index is 6.56. The zero-order valence-electron chi connectivity index (χ0n) is 22.6. The Morgan fingerprint density at radius 1 is 0.881 bits per heavy atom. The van der Waals surface area contributed by atoms with Gasteiger partial charge < -0.3 is 19.1 Å². The minimum atomic E-state index is -1.14. The topological polar surface area (TPSA) is 64.9 Å². The van der Waals surface area contributed by atoms with E-state index in [4.69, 9.17) is 60.6 Å². The van der Waals surface area contributed by atoms with Crippen LogP contribution in [0.2, 0.25) is 20.1 Å². The van der Waals surface area contributed by atoms with Gasteiger partial charge in [-0.05, 0) is 54.1 Å². The normalized spacial score (nSPS) is 21.1. The molecule has 6 rings (SSSR count). The van der Waals surface area contributed by atoms with Gasteiger partial charge in [-0.1, -0.05) is 58.5 Å². The third-order valence-corrected chi connectivity index (χ3v) is 8.59. The van der Waals surface area contributed by atoms with Gasteiger partial charge in [0, 0.05) is 59.0 Å². The molecule has 42 heavy (non-hydrogen) atoms. The molecule has 0 amide bonds. The molecule has 0 saturated carbocycles. The summed E-state index contributed by atoms with van der Waals surface area (Å²) < 4.78 is 20.4. The van der Waals surface area contributed by atoms with Crippen molar-refractivity contribution < 1.29 is 14.2 Å². The summed E-state index contributed by atoms with van der Waals surface area (Å²) >= 11 is 25.1. The molecule has 0 radical (unpaired) electrons. The number of anilines is 1. The minimum Gasteiger partial charge on any atom is -0.491 e. The Labute approximate surface area is 264 Å². The van der Waals surface area contributed by atoms with Crippen molar-refractivity contribution in [1.82, 2.24) is 19.7 Å². The molecule has 0 unspecified atom stereocenters. The van der Waals surface area contributed by atoms with E-state index < -0.39 is 5.79 Å². The van der Waals surface area contributed by atoms with Crippen molar-refractivity contribution in [2.45, 2.75) is 25.0 Å². The Balaban J connectivity index is 1.03. The van der Waals surface area contributed by atoms with Gasteiger partial charge in [0.2, 0.25) is 5.79 Å². The summed E-state index contributed by atoms with van der Waals surface area (Å²) in [4.78, 5) is 8.83. The van der Waals surface area contributed by atoms with Crippen LogP contribution in [0, 0.1) is 0 Å². The highest BCUT2D eigenvalue weighted by Crippen LogP contribution is 2.40. The van der Waals surface area contributed by atoms with Gasteiger partial charge in [0.1, 0.15) is 37.7 Å². The van der Waals surface area contributed by atoms with Gasteiger partial charge in [0.05, 0.1) is 11.6 Å². The van der Waals surface area contributed by atoms with Crippen molar-refractivity contribution in [3.63, 3.8) is 0 Å². The lowest BCUT2D eigenvalue weighted by molar-refractivity contribution is -0.190. The van der Waals surface area contributed by atoms with E-state index in [1.54, 1.807) is 29.2 Å². The molecule has 220 valence electrons. The first-order valence-corrected chi connectivity index (χ1v) is 15.1. The third-order valence-electron chi connectivity index (χ3n) is 7.46. The van der Waals surface area contributed by atoms with Crippen LogP contribution in [0.4, 0.5) is 5.69 Å². The number of benzene rings is 3. The Hall–Kier alpha value is -2.56. The quantitative estimate of drug-likeness (QED) is 0.204. The van der Waals surface area contributed by atoms with Crippen molar-refractivity contribution in [2.75, 3.05) is 44.3 Å². The highest BCUT2D eigenvalue weighted by atomic mass is 35.5. The number of hydrogen-bond acceptors (Lipinski definition) is 7. The second kappa shape index (κ2) is 13.0. The molecule has 0 bridgehead atoms. The van der Waals surface area contributed by atoms with Crippen molar-refractivity contribution in [3.05, 3.63) is 105 Å². The predicted molar refractivity (Wildman–Crippen MR) is 165 cm³/mol. The Morgan fingerprint density at radius 2 is 1.62 bits per heavy atom. The zero-order valence-corrected chi connectivity index (χ0v) is 25.7. The van der Waals surface area contributed by atoms with E-state index in [1.165, 1.54) is 6.33 Å². The number of hydrogen-bond donors (Lipinski definition) is 0. The lowest BCUT2D eigenvalue weighted by Gasteiger charge is -2.36. The molecular formula is C30H29Cl4N5O3. The van der Waals surface area contributed by atoms with Crippen LogP contribution >= 0.6 is 46.4 Å². The molecular weight excluding hydrogens is 620 g/mol. The average molecular weight is 649 g/mol. The predicted octanol–water partition coefficient (Wildman–Crippen LogP) is 6.56. The fraction of sp³-hybridized carbons (Fsp3) is 0.333. The first-order chi connectivity index (χ1) is 20.4. The fourth-order valence-electron chi connectivity index (χ4n) is 5.28. The van der Waals surface area contributed by atoms with Crippen LogP contribution in [0.25, 0.3) is 0 Å². The lowest BCUT2D eigenvalue weighted by Crippen LogP contribution is -2.46. The van der Waals surface area contributed by atoms with Crippen molar-refractivity contribution in [3.8, 4) is 5.75 Å². The van der Waals surface area contributed by atoms with Gasteiger partial charge >= 0.3 is 0 Å². The molecule has 1 aromatic heterocycles. The van der Waals surface area contributed by atoms with E-state index in [1.807, 2.05) is 30.3 Å². The summed E-state index contributed by atoms with van der Waals surface area (Å²) in [5.74, 6) is -0.384. The first-order valence-electron chi connectivity index (χ1n) is 13.6. The molecule has 3 aromatic carbocycles. The molecule has 2 aliphatic heterocycles. The monoisotopic (exact) mass is 647 g/mol. The van der Waals surface area contributed by atoms with E-state index in [9.17, 15) is 0 Å². The summed E-state index contributed by atoms with van der Waals surface area (Å²) in [6, 6.07) is 19.1. The number of nitrogens with zero attached hydrogens (tertiary/aromatic N) is 5. The van der Waals surface area contributed by atoms with E-state index >= 15 is 0 Å². The zero-order chi connectivity index (χ0) is 29.1. The van der Waals surface area contributed by atoms with E-state index in [0.29, 0.717) is 38.9 Å². The minimum absolute atomic E-state index is 0.277. The SMILES string of the molecule is Clc1ccc(CN2CCN(c3ccc(OC[C@@H]4CO[C@@](Cn5cncn5)(c5ccc(Cl)cc5Cl)O4)cc3)CC2)c(Cl)c1. The first kappa shape index (κ1) is 29.5. The molecule has 2 fully saturated rings. The Morgan fingerprint density at radius 3 is 2.31 bits per heavy atom. The largest absolute Gasteiger partial charge is 0.491 e. The summed E-state index contributed by atoms with van der Waals surface area (Å²) in [6.45, 7) is 5.49. The Kier molecular flexibility index (Phi) is 9.12. The van der Waals surface area contributed by atoms with E-state index in [0.717, 1.165) is 49.7 Å².